The van der Waals surface area contributed by atoms with Crippen LogP contribution in [0.4, 0.5) is 0 Å². The second-order valence-corrected chi connectivity index (χ2v) is 7.21. The average Bonchev–Trinajstić information content (AvgIpc) is 2.39. The molecule has 1 aliphatic rings. The number of rotatable bonds is 3. The number of carboxylic acid groups (broad SMARTS) is 1. The highest BCUT2D eigenvalue weighted by Crippen LogP contribution is 2.22. The number of piperazine rings is 1. The summed E-state index contributed by atoms with van der Waals surface area (Å²) in [6.45, 7) is 0.555. The average molecular weight is 396 g/mol. The number of nitrogens with zero attached hydrogens (tertiary/aromatic N) is 1. The van der Waals surface area contributed by atoms with Crippen LogP contribution in [0.1, 0.15) is 0 Å². The van der Waals surface area contributed by atoms with Gasteiger partial charge in [0.2, 0.25) is 10.0 Å². The lowest BCUT2D eigenvalue weighted by molar-refractivity contribution is -0.140. The van der Waals surface area contributed by atoms with Gasteiger partial charge in [-0.2, -0.15) is 4.31 Å². The lowest BCUT2D eigenvalue weighted by atomic mass is 10.2. The van der Waals surface area contributed by atoms with Crippen LogP contribution in [-0.2, 0) is 14.8 Å². The molecular weight excluding hydrogens is 383 g/mol. The number of benzene rings is 1. The minimum absolute atomic E-state index is 0.0529. The topological polar surface area (TPSA) is 86.7 Å². The minimum Gasteiger partial charge on any atom is -0.480 e. The minimum atomic E-state index is -3.64. The quantitative estimate of drug-likeness (QED) is 0.720. The number of carbonyl (C=O) groups is 1. The van der Waals surface area contributed by atoms with Gasteiger partial charge in [0.15, 0.2) is 0 Å². The maximum Gasteiger partial charge on any atom is 0.322 e. The Balaban J connectivity index is 2.30. The molecule has 1 aromatic carbocycles. The molecule has 104 valence electrons. The zero-order valence-corrected chi connectivity index (χ0v) is 12.9. The Morgan fingerprint density at radius 3 is 2.74 bits per heavy atom. The molecule has 8 heteroatoms. The summed E-state index contributed by atoms with van der Waals surface area (Å²) in [5.41, 5.74) is 0. The molecule has 0 aromatic heterocycles. The molecule has 1 saturated heterocycles. The van der Waals surface area contributed by atoms with E-state index in [1.54, 1.807) is 18.2 Å². The van der Waals surface area contributed by atoms with E-state index in [2.05, 4.69) is 5.32 Å². The van der Waals surface area contributed by atoms with E-state index in [0.717, 1.165) is 0 Å². The molecule has 0 amide bonds. The number of sulfonamides is 1. The van der Waals surface area contributed by atoms with Gasteiger partial charge >= 0.3 is 5.97 Å². The molecular formula is C11H13IN2O4S. The van der Waals surface area contributed by atoms with Gasteiger partial charge in [-0.1, -0.05) is 12.1 Å². The van der Waals surface area contributed by atoms with E-state index in [1.807, 2.05) is 22.6 Å². The molecule has 1 aliphatic heterocycles. The molecule has 0 aliphatic carbocycles. The Morgan fingerprint density at radius 2 is 2.11 bits per heavy atom. The highest BCUT2D eigenvalue weighted by molar-refractivity contribution is 14.1. The SMILES string of the molecule is O=C(O)[C@@H]1CN(S(=O)(=O)c2ccccc2I)CCN1. The zero-order chi connectivity index (χ0) is 14.0. The van der Waals surface area contributed by atoms with Gasteiger partial charge in [-0.05, 0) is 34.7 Å². The van der Waals surface area contributed by atoms with Gasteiger partial charge < -0.3 is 10.4 Å². The molecule has 1 aromatic rings. The van der Waals surface area contributed by atoms with E-state index < -0.39 is 22.0 Å². The molecule has 1 fully saturated rings. The molecule has 0 spiro atoms. The van der Waals surface area contributed by atoms with Crippen molar-refractivity contribution in [1.82, 2.24) is 9.62 Å². The van der Waals surface area contributed by atoms with Crippen LogP contribution in [0.25, 0.3) is 0 Å². The van der Waals surface area contributed by atoms with Crippen LogP contribution in [0.3, 0.4) is 0 Å². The van der Waals surface area contributed by atoms with Crippen molar-refractivity contribution in [2.75, 3.05) is 19.6 Å². The summed E-state index contributed by atoms with van der Waals surface area (Å²) in [6, 6.07) is 5.81. The van der Waals surface area contributed by atoms with Gasteiger partial charge in [0, 0.05) is 23.2 Å². The summed E-state index contributed by atoms with van der Waals surface area (Å²) >= 11 is 1.96. The Kier molecular flexibility index (Phi) is 4.43. The van der Waals surface area contributed by atoms with Crippen LogP contribution >= 0.6 is 22.6 Å². The van der Waals surface area contributed by atoms with Gasteiger partial charge in [-0.15, -0.1) is 0 Å². The smallest absolute Gasteiger partial charge is 0.322 e. The van der Waals surface area contributed by atoms with Crippen molar-refractivity contribution < 1.29 is 18.3 Å². The molecule has 2 rings (SSSR count). The third kappa shape index (κ3) is 3.07. The summed E-state index contributed by atoms with van der Waals surface area (Å²) in [4.78, 5) is 11.2. The summed E-state index contributed by atoms with van der Waals surface area (Å²) in [5.74, 6) is -1.04. The number of carboxylic acids is 1. The first kappa shape index (κ1) is 14.7. The second kappa shape index (κ2) is 5.73. The fraction of sp³-hybridized carbons (Fsp3) is 0.364. The highest BCUT2D eigenvalue weighted by atomic mass is 127. The van der Waals surface area contributed by atoms with Crippen LogP contribution in [0.5, 0.6) is 0 Å². The number of hydrogen-bond acceptors (Lipinski definition) is 4. The van der Waals surface area contributed by atoms with Crippen LogP contribution in [0, 0.1) is 3.57 Å². The molecule has 2 N–H and O–H groups in total. The molecule has 0 radical (unpaired) electrons. The lowest BCUT2D eigenvalue weighted by Crippen LogP contribution is -2.55. The lowest BCUT2D eigenvalue weighted by Gasteiger charge is -2.30. The second-order valence-electron chi connectivity index (χ2n) is 4.14. The van der Waals surface area contributed by atoms with Crippen LogP contribution in [-0.4, -0.2) is 49.5 Å². The van der Waals surface area contributed by atoms with E-state index in [9.17, 15) is 13.2 Å². The van der Waals surface area contributed by atoms with E-state index in [1.165, 1.54) is 10.4 Å². The summed E-state index contributed by atoms with van der Waals surface area (Å²) in [7, 11) is -3.64. The van der Waals surface area contributed by atoms with Gasteiger partial charge in [-0.25, -0.2) is 8.42 Å². The van der Waals surface area contributed by atoms with Crippen molar-refractivity contribution in [2.24, 2.45) is 0 Å². The van der Waals surface area contributed by atoms with Crippen LogP contribution in [0.2, 0.25) is 0 Å². The predicted molar refractivity (Wildman–Crippen MR) is 77.3 cm³/mol. The monoisotopic (exact) mass is 396 g/mol. The first-order chi connectivity index (χ1) is 8.93. The van der Waals surface area contributed by atoms with Gasteiger partial charge in [-0.3, -0.25) is 4.79 Å². The van der Waals surface area contributed by atoms with E-state index in [0.29, 0.717) is 10.1 Å². The molecule has 6 nitrogen and oxygen atoms in total. The van der Waals surface area contributed by atoms with Crippen molar-refractivity contribution in [2.45, 2.75) is 10.9 Å². The van der Waals surface area contributed by atoms with Crippen molar-refractivity contribution in [3.63, 3.8) is 0 Å². The largest absolute Gasteiger partial charge is 0.480 e. The summed E-state index contributed by atoms with van der Waals surface area (Å²) < 4.78 is 26.8. The van der Waals surface area contributed by atoms with Crippen LogP contribution < -0.4 is 5.32 Å². The third-order valence-corrected chi connectivity index (χ3v) is 6.12. The molecule has 0 unspecified atom stereocenters. The Morgan fingerprint density at radius 1 is 1.42 bits per heavy atom. The first-order valence-corrected chi connectivity index (χ1v) is 8.15. The van der Waals surface area contributed by atoms with E-state index in [4.69, 9.17) is 5.11 Å². The molecule has 0 bridgehead atoms. The Hall–Kier alpha value is -0.710. The highest BCUT2D eigenvalue weighted by Gasteiger charge is 2.33. The van der Waals surface area contributed by atoms with Crippen molar-refractivity contribution >= 4 is 38.6 Å². The number of aliphatic carboxylic acids is 1. The third-order valence-electron chi connectivity index (χ3n) is 2.89. The Bertz CT molecular complexity index is 590. The zero-order valence-electron chi connectivity index (χ0n) is 9.91. The summed E-state index contributed by atoms with van der Waals surface area (Å²) in [5, 5.41) is 11.7. The molecule has 1 atom stereocenters. The number of nitrogens with one attached hydrogen (secondary N) is 1. The van der Waals surface area contributed by atoms with Crippen molar-refractivity contribution in [3.8, 4) is 0 Å². The first-order valence-electron chi connectivity index (χ1n) is 5.64. The molecule has 19 heavy (non-hydrogen) atoms. The predicted octanol–water partition coefficient (Wildman–Crippen LogP) is 0.338. The van der Waals surface area contributed by atoms with Gasteiger partial charge in [0.05, 0.1) is 4.90 Å². The fourth-order valence-electron chi connectivity index (χ4n) is 1.90. The maximum absolute atomic E-state index is 12.5. The number of halogens is 1. The Labute approximate surface area is 125 Å². The van der Waals surface area contributed by atoms with Crippen LogP contribution in [0.15, 0.2) is 29.2 Å². The normalized spacial score (nSPS) is 21.2. The fourth-order valence-corrected chi connectivity index (χ4v) is 4.64. The summed E-state index contributed by atoms with van der Waals surface area (Å²) in [6.07, 6.45) is 0. The van der Waals surface area contributed by atoms with Crippen molar-refractivity contribution in [3.05, 3.63) is 27.8 Å². The van der Waals surface area contributed by atoms with E-state index >= 15 is 0 Å². The maximum atomic E-state index is 12.5. The van der Waals surface area contributed by atoms with Crippen molar-refractivity contribution in [1.29, 1.82) is 0 Å². The molecule has 1 heterocycles. The van der Waals surface area contributed by atoms with E-state index in [-0.39, 0.29) is 18.0 Å². The standard InChI is InChI=1S/C11H13IN2O4S/c12-8-3-1-2-4-10(8)19(17,18)14-6-5-13-9(7-14)11(15)16/h1-4,9,13H,5-7H2,(H,15,16)/t9-/m0/s1. The van der Waals surface area contributed by atoms with Gasteiger partial charge in [0.25, 0.3) is 0 Å². The van der Waals surface area contributed by atoms with Gasteiger partial charge in [0.1, 0.15) is 6.04 Å². The number of hydrogen-bond donors (Lipinski definition) is 2. The molecule has 0 saturated carbocycles.